The lowest BCUT2D eigenvalue weighted by Gasteiger charge is -2.13. The third kappa shape index (κ3) is 2.38. The van der Waals surface area contributed by atoms with E-state index in [1.54, 1.807) is 6.07 Å². The van der Waals surface area contributed by atoms with Gasteiger partial charge in [-0.2, -0.15) is 0 Å². The first kappa shape index (κ1) is 14.7. The normalized spacial score (nSPS) is 12.3. The molecule has 1 atom stereocenters. The Balaban J connectivity index is 2.15. The SMILES string of the molecule is COC(=O)c1ccccc1C(Cl)c1cn(C)c2ccccc12. The van der Waals surface area contributed by atoms with Gasteiger partial charge in [-0.1, -0.05) is 36.4 Å². The van der Waals surface area contributed by atoms with Crippen molar-refractivity contribution in [1.29, 1.82) is 0 Å². The number of hydrogen-bond acceptors (Lipinski definition) is 2. The Kier molecular flexibility index (Phi) is 3.90. The van der Waals surface area contributed by atoms with Crippen LogP contribution in [0.4, 0.5) is 0 Å². The van der Waals surface area contributed by atoms with E-state index in [1.807, 2.05) is 54.2 Å². The lowest BCUT2D eigenvalue weighted by molar-refractivity contribution is 0.0599. The van der Waals surface area contributed by atoms with E-state index < -0.39 is 5.38 Å². The number of nitrogens with zero attached hydrogens (tertiary/aromatic N) is 1. The maximum absolute atomic E-state index is 12.0. The molecule has 22 heavy (non-hydrogen) atoms. The lowest BCUT2D eigenvalue weighted by Crippen LogP contribution is -2.07. The monoisotopic (exact) mass is 313 g/mol. The number of methoxy groups -OCH3 is 1. The van der Waals surface area contributed by atoms with Gasteiger partial charge in [0.05, 0.1) is 18.1 Å². The number of esters is 1. The van der Waals surface area contributed by atoms with E-state index in [0.29, 0.717) is 5.56 Å². The quantitative estimate of drug-likeness (QED) is 0.533. The van der Waals surface area contributed by atoms with E-state index in [1.165, 1.54) is 7.11 Å². The highest BCUT2D eigenvalue weighted by molar-refractivity contribution is 6.24. The van der Waals surface area contributed by atoms with Gasteiger partial charge in [-0.05, 0) is 23.3 Å². The number of aryl methyl sites for hydroxylation is 1. The standard InChI is InChI=1S/C18H16ClNO2/c1-20-11-15(12-7-5-6-10-16(12)20)17(19)13-8-3-4-9-14(13)18(21)22-2/h3-11,17H,1-2H3. The molecular formula is C18H16ClNO2. The molecule has 1 aromatic heterocycles. The number of fused-ring (bicyclic) bond motifs is 1. The number of rotatable bonds is 3. The minimum Gasteiger partial charge on any atom is -0.465 e. The summed E-state index contributed by atoms with van der Waals surface area (Å²) in [4.78, 5) is 12.0. The second-order valence-corrected chi connectivity index (χ2v) is 5.59. The summed E-state index contributed by atoms with van der Waals surface area (Å²) in [5.41, 5.74) is 3.35. The smallest absolute Gasteiger partial charge is 0.338 e. The molecule has 1 heterocycles. The molecule has 0 aliphatic heterocycles. The molecule has 0 saturated carbocycles. The molecule has 0 amide bonds. The number of aromatic nitrogens is 1. The van der Waals surface area contributed by atoms with E-state index in [4.69, 9.17) is 16.3 Å². The van der Waals surface area contributed by atoms with Gasteiger partial charge in [0.2, 0.25) is 0 Å². The number of hydrogen-bond donors (Lipinski definition) is 0. The summed E-state index contributed by atoms with van der Waals surface area (Å²) in [5, 5.41) is 0.672. The van der Waals surface area contributed by atoms with Crippen molar-refractivity contribution in [2.24, 2.45) is 7.05 Å². The van der Waals surface area contributed by atoms with Crippen molar-refractivity contribution in [2.75, 3.05) is 7.11 Å². The molecule has 0 saturated heterocycles. The van der Waals surface area contributed by atoms with Crippen LogP contribution in [-0.4, -0.2) is 17.6 Å². The first-order chi connectivity index (χ1) is 10.6. The van der Waals surface area contributed by atoms with Crippen LogP contribution < -0.4 is 0 Å². The van der Waals surface area contributed by atoms with E-state index in [9.17, 15) is 4.79 Å². The zero-order valence-electron chi connectivity index (χ0n) is 12.4. The van der Waals surface area contributed by atoms with Crippen LogP contribution in [0.1, 0.15) is 26.9 Å². The summed E-state index contributed by atoms with van der Waals surface area (Å²) in [6.45, 7) is 0. The van der Waals surface area contributed by atoms with Crippen molar-refractivity contribution in [3.8, 4) is 0 Å². The van der Waals surface area contributed by atoms with Gasteiger partial charge in [0.25, 0.3) is 0 Å². The van der Waals surface area contributed by atoms with Gasteiger partial charge in [0.15, 0.2) is 0 Å². The van der Waals surface area contributed by atoms with Crippen molar-refractivity contribution in [1.82, 2.24) is 4.57 Å². The second-order valence-electron chi connectivity index (χ2n) is 5.15. The van der Waals surface area contributed by atoms with Crippen LogP contribution in [0.15, 0.2) is 54.7 Å². The van der Waals surface area contributed by atoms with Gasteiger partial charge < -0.3 is 9.30 Å². The average molecular weight is 314 g/mol. The summed E-state index contributed by atoms with van der Waals surface area (Å²) in [6, 6.07) is 15.4. The molecule has 0 aliphatic carbocycles. The highest BCUT2D eigenvalue weighted by Crippen LogP contribution is 2.36. The topological polar surface area (TPSA) is 31.2 Å². The summed E-state index contributed by atoms with van der Waals surface area (Å²) in [6.07, 6.45) is 2.01. The molecule has 4 heteroatoms. The Morgan fingerprint density at radius 3 is 2.55 bits per heavy atom. The first-order valence-electron chi connectivity index (χ1n) is 6.98. The second kappa shape index (κ2) is 5.85. The highest BCUT2D eigenvalue weighted by atomic mass is 35.5. The molecule has 0 spiro atoms. The third-order valence-corrected chi connectivity index (χ3v) is 4.31. The number of benzene rings is 2. The van der Waals surface area contributed by atoms with E-state index in [-0.39, 0.29) is 5.97 Å². The lowest BCUT2D eigenvalue weighted by atomic mass is 9.99. The van der Waals surface area contributed by atoms with Crippen LogP contribution in [0.2, 0.25) is 0 Å². The Morgan fingerprint density at radius 2 is 1.77 bits per heavy atom. The minimum absolute atomic E-state index is 0.374. The summed E-state index contributed by atoms with van der Waals surface area (Å²) in [7, 11) is 3.36. The van der Waals surface area contributed by atoms with Crippen LogP contribution in [-0.2, 0) is 11.8 Å². The van der Waals surface area contributed by atoms with Gasteiger partial charge in [-0.15, -0.1) is 11.6 Å². The summed E-state index contributed by atoms with van der Waals surface area (Å²) >= 11 is 6.71. The fourth-order valence-electron chi connectivity index (χ4n) is 2.76. The maximum atomic E-state index is 12.0. The molecule has 0 radical (unpaired) electrons. The van der Waals surface area contributed by atoms with E-state index >= 15 is 0 Å². The first-order valence-corrected chi connectivity index (χ1v) is 7.42. The third-order valence-electron chi connectivity index (χ3n) is 3.84. The van der Waals surface area contributed by atoms with Crippen LogP contribution >= 0.6 is 11.6 Å². The highest BCUT2D eigenvalue weighted by Gasteiger charge is 2.22. The van der Waals surface area contributed by atoms with E-state index in [0.717, 1.165) is 22.0 Å². The Bertz CT molecular complexity index is 838. The molecule has 112 valence electrons. The molecular weight excluding hydrogens is 298 g/mol. The molecule has 3 nitrogen and oxygen atoms in total. The summed E-state index contributed by atoms with van der Waals surface area (Å²) < 4.78 is 6.90. The Hall–Kier alpha value is -2.26. The van der Waals surface area contributed by atoms with Crippen molar-refractivity contribution in [3.05, 3.63) is 71.4 Å². The van der Waals surface area contributed by atoms with Gasteiger partial charge in [0.1, 0.15) is 0 Å². The van der Waals surface area contributed by atoms with Crippen LogP contribution in [0.3, 0.4) is 0 Å². The number of ether oxygens (including phenoxy) is 1. The Morgan fingerprint density at radius 1 is 1.09 bits per heavy atom. The predicted molar refractivity (Wildman–Crippen MR) is 88.4 cm³/mol. The molecule has 0 fully saturated rings. The van der Waals surface area contributed by atoms with E-state index in [2.05, 4.69) is 6.07 Å². The van der Waals surface area contributed by atoms with Gasteiger partial charge in [-0.25, -0.2) is 4.79 Å². The molecule has 3 aromatic rings. The average Bonchev–Trinajstić information content (AvgIpc) is 2.91. The number of carbonyl (C=O) groups excluding carboxylic acids is 1. The molecule has 2 aromatic carbocycles. The zero-order valence-corrected chi connectivity index (χ0v) is 13.2. The summed E-state index contributed by atoms with van der Waals surface area (Å²) in [5.74, 6) is -0.374. The molecule has 0 N–H and O–H groups in total. The number of alkyl halides is 1. The fraction of sp³-hybridized carbons (Fsp3) is 0.167. The fourth-order valence-corrected chi connectivity index (χ4v) is 3.12. The van der Waals surface area contributed by atoms with Crippen molar-refractivity contribution in [2.45, 2.75) is 5.38 Å². The van der Waals surface area contributed by atoms with Crippen molar-refractivity contribution >= 4 is 28.5 Å². The van der Waals surface area contributed by atoms with Gasteiger partial charge >= 0.3 is 5.97 Å². The molecule has 3 rings (SSSR count). The Labute approximate surface area is 134 Å². The van der Waals surface area contributed by atoms with Crippen molar-refractivity contribution < 1.29 is 9.53 Å². The maximum Gasteiger partial charge on any atom is 0.338 e. The zero-order chi connectivity index (χ0) is 15.7. The number of halogens is 1. The number of para-hydroxylation sites is 1. The van der Waals surface area contributed by atoms with Crippen LogP contribution in [0, 0.1) is 0 Å². The largest absolute Gasteiger partial charge is 0.465 e. The van der Waals surface area contributed by atoms with Gasteiger partial charge in [0, 0.05) is 24.1 Å². The van der Waals surface area contributed by atoms with Crippen molar-refractivity contribution in [3.63, 3.8) is 0 Å². The van der Waals surface area contributed by atoms with Crippen LogP contribution in [0.5, 0.6) is 0 Å². The predicted octanol–water partition coefficient (Wildman–Crippen LogP) is 4.29. The van der Waals surface area contributed by atoms with Gasteiger partial charge in [-0.3, -0.25) is 0 Å². The molecule has 0 bridgehead atoms. The van der Waals surface area contributed by atoms with Crippen LogP contribution in [0.25, 0.3) is 10.9 Å². The minimum atomic E-state index is -0.415. The number of carbonyl (C=O) groups is 1. The molecule has 0 aliphatic rings. The molecule has 1 unspecified atom stereocenters.